The van der Waals surface area contributed by atoms with Crippen LogP contribution in [0.2, 0.25) is 0 Å². The summed E-state index contributed by atoms with van der Waals surface area (Å²) in [6.45, 7) is 0. The second-order valence-electron chi connectivity index (χ2n) is 6.23. The third kappa shape index (κ3) is 2.73. The minimum Gasteiger partial charge on any atom is -0.282 e. The van der Waals surface area contributed by atoms with Crippen molar-refractivity contribution in [1.82, 2.24) is 9.99 Å². The molecule has 28 heavy (non-hydrogen) atoms. The number of aliphatic imine (C=N–C) groups is 1. The quantitative estimate of drug-likeness (QED) is 0.681. The van der Waals surface area contributed by atoms with Gasteiger partial charge in [-0.3, -0.25) is 15.2 Å². The topological polar surface area (TPSA) is 81.8 Å². The fraction of sp³-hybridized carbons (Fsp3) is 0. The van der Waals surface area contributed by atoms with E-state index >= 15 is 0 Å². The number of rotatable bonds is 2. The smallest absolute Gasteiger partial charge is 0.282 e. The van der Waals surface area contributed by atoms with Gasteiger partial charge < -0.3 is 0 Å². The molecular formula is C21H13N5OS. The maximum Gasteiger partial charge on any atom is 0.283 e. The van der Waals surface area contributed by atoms with E-state index in [2.05, 4.69) is 15.1 Å². The Labute approximate surface area is 164 Å². The molecule has 0 unspecified atom stereocenters. The van der Waals surface area contributed by atoms with Crippen LogP contribution in [-0.2, 0) is 4.79 Å². The van der Waals surface area contributed by atoms with Crippen LogP contribution in [0, 0.1) is 5.41 Å². The zero-order valence-corrected chi connectivity index (χ0v) is 15.4. The summed E-state index contributed by atoms with van der Waals surface area (Å²) >= 11 is 1.28. The number of carbonyl (C=O) groups is 1. The van der Waals surface area contributed by atoms with Gasteiger partial charge in [0.2, 0.25) is 5.17 Å². The average Bonchev–Trinajstić information content (AvgIpc) is 3.16. The predicted molar refractivity (Wildman–Crippen MR) is 112 cm³/mol. The van der Waals surface area contributed by atoms with Crippen molar-refractivity contribution >= 4 is 50.6 Å². The minimum absolute atomic E-state index is 0.0273. The van der Waals surface area contributed by atoms with Crippen molar-refractivity contribution in [2.45, 2.75) is 0 Å². The normalized spacial score (nSPS) is 17.7. The fourth-order valence-electron chi connectivity index (χ4n) is 3.14. The van der Waals surface area contributed by atoms with Crippen LogP contribution < -0.4 is 0 Å². The molecule has 3 aromatic rings. The summed E-state index contributed by atoms with van der Waals surface area (Å²) in [5.41, 5.74) is 1.97. The highest BCUT2D eigenvalue weighted by atomic mass is 32.2. The summed E-state index contributed by atoms with van der Waals surface area (Å²) in [6, 6.07) is 17.5. The number of benzene rings is 2. The first-order valence-electron chi connectivity index (χ1n) is 8.59. The Morgan fingerprint density at radius 3 is 2.64 bits per heavy atom. The summed E-state index contributed by atoms with van der Waals surface area (Å²) in [6.07, 6.45) is 5.08. The molecule has 1 amide bonds. The Morgan fingerprint density at radius 2 is 1.79 bits per heavy atom. The third-order valence-corrected chi connectivity index (χ3v) is 5.46. The van der Waals surface area contributed by atoms with E-state index in [1.54, 1.807) is 18.5 Å². The lowest BCUT2D eigenvalue weighted by Gasteiger charge is -2.20. The summed E-state index contributed by atoms with van der Waals surface area (Å²) in [5.74, 6) is -0.401. The van der Waals surface area contributed by atoms with Gasteiger partial charge in [0.05, 0.1) is 5.57 Å². The molecule has 0 saturated heterocycles. The number of amidine groups is 2. The van der Waals surface area contributed by atoms with Gasteiger partial charge in [0.1, 0.15) is 5.04 Å². The van der Waals surface area contributed by atoms with Gasteiger partial charge in [0, 0.05) is 18.0 Å². The van der Waals surface area contributed by atoms with Crippen LogP contribution in [0.1, 0.15) is 11.1 Å². The number of hydrogen-bond acceptors (Lipinski definition) is 5. The fourth-order valence-corrected chi connectivity index (χ4v) is 4.03. The molecule has 134 valence electrons. The Bertz CT molecular complexity index is 1220. The van der Waals surface area contributed by atoms with E-state index in [1.165, 1.54) is 16.8 Å². The molecule has 0 bridgehead atoms. The van der Waals surface area contributed by atoms with Gasteiger partial charge in [0.15, 0.2) is 5.84 Å². The monoisotopic (exact) mass is 383 g/mol. The molecular weight excluding hydrogens is 370 g/mol. The lowest BCUT2D eigenvalue weighted by molar-refractivity contribution is -0.114. The summed E-state index contributed by atoms with van der Waals surface area (Å²) < 4.78 is 0. The van der Waals surface area contributed by atoms with Crippen LogP contribution >= 0.6 is 11.8 Å². The van der Waals surface area contributed by atoms with Crippen molar-refractivity contribution in [1.29, 1.82) is 5.41 Å². The van der Waals surface area contributed by atoms with Crippen LogP contribution in [0.5, 0.6) is 0 Å². The van der Waals surface area contributed by atoms with E-state index < -0.39 is 5.91 Å². The van der Waals surface area contributed by atoms with Crippen molar-refractivity contribution in [3.05, 3.63) is 83.7 Å². The summed E-state index contributed by atoms with van der Waals surface area (Å²) in [4.78, 5) is 20.8. The zero-order chi connectivity index (χ0) is 19.1. The third-order valence-electron chi connectivity index (χ3n) is 4.50. The molecule has 2 aliphatic rings. The van der Waals surface area contributed by atoms with Gasteiger partial charge in [-0.05, 0) is 46.3 Å². The predicted octanol–water partition coefficient (Wildman–Crippen LogP) is 3.90. The first kappa shape index (κ1) is 16.6. The number of hydrazone groups is 1. The van der Waals surface area contributed by atoms with E-state index in [-0.39, 0.29) is 11.4 Å². The van der Waals surface area contributed by atoms with Gasteiger partial charge in [-0.2, -0.15) is 15.1 Å². The van der Waals surface area contributed by atoms with Crippen LogP contribution in [0.25, 0.3) is 16.8 Å². The number of thioether (sulfide) groups is 1. The van der Waals surface area contributed by atoms with Crippen molar-refractivity contribution in [2.75, 3.05) is 0 Å². The molecule has 0 atom stereocenters. The van der Waals surface area contributed by atoms with E-state index in [0.717, 1.165) is 21.9 Å². The number of nitrogens with one attached hydrogen (secondary N) is 1. The lowest BCUT2D eigenvalue weighted by Crippen LogP contribution is -2.35. The number of amides is 1. The number of hydrogen-bond donors (Lipinski definition) is 1. The molecule has 7 heteroatoms. The van der Waals surface area contributed by atoms with Gasteiger partial charge in [-0.25, -0.2) is 0 Å². The van der Waals surface area contributed by atoms with Gasteiger partial charge >= 0.3 is 0 Å². The molecule has 1 N–H and O–H groups in total. The Kier molecular flexibility index (Phi) is 3.87. The molecule has 6 nitrogen and oxygen atoms in total. The first-order chi connectivity index (χ1) is 13.7. The molecule has 1 aromatic heterocycles. The molecule has 0 aliphatic carbocycles. The highest BCUT2D eigenvalue weighted by molar-refractivity contribution is 8.27. The van der Waals surface area contributed by atoms with E-state index in [1.807, 2.05) is 54.6 Å². The van der Waals surface area contributed by atoms with Gasteiger partial charge in [-0.1, -0.05) is 42.5 Å². The van der Waals surface area contributed by atoms with Crippen molar-refractivity contribution in [3.63, 3.8) is 0 Å². The van der Waals surface area contributed by atoms with E-state index in [9.17, 15) is 4.79 Å². The maximum absolute atomic E-state index is 12.6. The van der Waals surface area contributed by atoms with Crippen molar-refractivity contribution in [3.8, 4) is 0 Å². The molecule has 3 heterocycles. The maximum atomic E-state index is 12.6. The summed E-state index contributed by atoms with van der Waals surface area (Å²) in [7, 11) is 0. The SMILES string of the molecule is N=C1/C(=C/c2cccc3ccccc23)C(=O)N=C2SC(c3ccncc3)=NN12. The Hall–Kier alpha value is -3.58. The molecule has 2 aliphatic heterocycles. The highest BCUT2D eigenvalue weighted by Gasteiger charge is 2.36. The second-order valence-corrected chi connectivity index (χ2v) is 7.19. The van der Waals surface area contributed by atoms with Crippen molar-refractivity contribution < 1.29 is 4.79 Å². The molecule has 0 saturated carbocycles. The second kappa shape index (κ2) is 6.54. The Morgan fingerprint density at radius 1 is 1.00 bits per heavy atom. The van der Waals surface area contributed by atoms with Crippen LogP contribution in [0.15, 0.2) is 82.7 Å². The number of nitrogens with zero attached hydrogens (tertiary/aromatic N) is 4. The lowest BCUT2D eigenvalue weighted by atomic mass is 10.0. The van der Waals surface area contributed by atoms with Crippen LogP contribution in [-0.4, -0.2) is 31.9 Å². The van der Waals surface area contributed by atoms with Crippen molar-refractivity contribution in [2.24, 2.45) is 10.1 Å². The number of fused-ring (bicyclic) bond motifs is 2. The van der Waals surface area contributed by atoms with Gasteiger partial charge in [0.25, 0.3) is 5.91 Å². The first-order valence-corrected chi connectivity index (χ1v) is 9.41. The Balaban J connectivity index is 1.56. The van der Waals surface area contributed by atoms with Gasteiger partial charge in [-0.15, -0.1) is 0 Å². The van der Waals surface area contributed by atoms with Crippen LogP contribution in [0.3, 0.4) is 0 Å². The summed E-state index contributed by atoms with van der Waals surface area (Å²) in [5, 5.41) is 17.6. The van der Waals surface area contributed by atoms with E-state index in [4.69, 9.17) is 5.41 Å². The standard InChI is InChI=1S/C21H13N5OS/c22-18-17(12-15-6-3-5-13-4-1-2-7-16(13)15)19(27)24-21-26(18)25-20(28-21)14-8-10-23-11-9-14/h1-12,22H/b17-12-,22-18?. The largest absolute Gasteiger partial charge is 0.283 e. The number of aromatic nitrogens is 1. The molecule has 0 spiro atoms. The minimum atomic E-state index is -0.428. The number of pyridine rings is 1. The molecule has 2 aromatic carbocycles. The average molecular weight is 383 g/mol. The molecule has 0 radical (unpaired) electrons. The molecule has 0 fully saturated rings. The number of carbonyl (C=O) groups excluding carboxylic acids is 1. The molecule has 5 rings (SSSR count). The highest BCUT2D eigenvalue weighted by Crippen LogP contribution is 2.31. The van der Waals surface area contributed by atoms with Crippen LogP contribution in [0.4, 0.5) is 0 Å². The zero-order valence-electron chi connectivity index (χ0n) is 14.5. The van der Waals surface area contributed by atoms with E-state index in [0.29, 0.717) is 10.2 Å².